The van der Waals surface area contributed by atoms with Crippen molar-refractivity contribution in [3.05, 3.63) is 41.4 Å². The van der Waals surface area contributed by atoms with Gasteiger partial charge in [0.05, 0.1) is 18.3 Å². The summed E-state index contributed by atoms with van der Waals surface area (Å²) >= 11 is 1.60. The first-order chi connectivity index (χ1) is 10.5. The minimum atomic E-state index is -0.433. The number of likely N-dealkylation sites (N-methyl/N-ethyl adjacent to an activating group) is 1. The molecule has 2 aromatic rings. The first-order valence-electron chi connectivity index (χ1n) is 7.47. The molecule has 0 spiro atoms. The van der Waals surface area contributed by atoms with Crippen molar-refractivity contribution in [1.82, 2.24) is 9.88 Å². The van der Waals surface area contributed by atoms with Crippen molar-refractivity contribution < 1.29 is 4.79 Å². The fourth-order valence-electron chi connectivity index (χ4n) is 2.31. The lowest BCUT2D eigenvalue weighted by molar-refractivity contribution is -0.132. The SMILES string of the molecule is CC(C)C[C@@H](N)C(=O)N(C)Cc1csc(-c2ccccc2)n1. The molecule has 0 saturated carbocycles. The van der Waals surface area contributed by atoms with Crippen LogP contribution in [0, 0.1) is 5.92 Å². The molecule has 0 saturated heterocycles. The Morgan fingerprint density at radius 3 is 2.64 bits per heavy atom. The van der Waals surface area contributed by atoms with Gasteiger partial charge in [-0.1, -0.05) is 44.2 Å². The van der Waals surface area contributed by atoms with E-state index in [2.05, 4.69) is 18.8 Å². The highest BCUT2D eigenvalue weighted by atomic mass is 32.1. The van der Waals surface area contributed by atoms with Crippen LogP contribution in [0.4, 0.5) is 0 Å². The maximum atomic E-state index is 12.2. The van der Waals surface area contributed by atoms with E-state index in [1.165, 1.54) is 0 Å². The van der Waals surface area contributed by atoms with Gasteiger partial charge in [-0.15, -0.1) is 11.3 Å². The number of amides is 1. The van der Waals surface area contributed by atoms with E-state index < -0.39 is 6.04 Å². The van der Waals surface area contributed by atoms with Crippen molar-refractivity contribution in [3.8, 4) is 10.6 Å². The molecule has 2 rings (SSSR count). The Balaban J connectivity index is 1.99. The predicted molar refractivity (Wildman–Crippen MR) is 91.5 cm³/mol. The highest BCUT2D eigenvalue weighted by Crippen LogP contribution is 2.23. The van der Waals surface area contributed by atoms with Gasteiger partial charge in [-0.3, -0.25) is 4.79 Å². The molecule has 1 atom stereocenters. The molecule has 5 heteroatoms. The number of nitrogens with two attached hydrogens (primary N) is 1. The van der Waals surface area contributed by atoms with Gasteiger partial charge < -0.3 is 10.6 Å². The quantitative estimate of drug-likeness (QED) is 0.890. The number of carbonyl (C=O) groups excluding carboxylic acids is 1. The summed E-state index contributed by atoms with van der Waals surface area (Å²) in [5, 5.41) is 2.98. The van der Waals surface area contributed by atoms with Gasteiger partial charge in [-0.25, -0.2) is 4.98 Å². The molecule has 0 aliphatic heterocycles. The highest BCUT2D eigenvalue weighted by Gasteiger charge is 2.20. The highest BCUT2D eigenvalue weighted by molar-refractivity contribution is 7.13. The lowest BCUT2D eigenvalue weighted by Crippen LogP contribution is -2.42. The van der Waals surface area contributed by atoms with E-state index in [0.29, 0.717) is 18.9 Å². The van der Waals surface area contributed by atoms with Gasteiger partial charge in [0.1, 0.15) is 5.01 Å². The summed E-state index contributed by atoms with van der Waals surface area (Å²) in [6.07, 6.45) is 0.704. The second-order valence-corrected chi connectivity index (χ2v) is 6.80. The van der Waals surface area contributed by atoms with Gasteiger partial charge in [-0.05, 0) is 12.3 Å². The van der Waals surface area contributed by atoms with Gasteiger partial charge in [0.15, 0.2) is 0 Å². The number of aromatic nitrogens is 1. The van der Waals surface area contributed by atoms with Crippen LogP contribution in [-0.2, 0) is 11.3 Å². The van der Waals surface area contributed by atoms with Crippen molar-refractivity contribution in [1.29, 1.82) is 0 Å². The normalized spacial score (nSPS) is 12.4. The van der Waals surface area contributed by atoms with Crippen LogP contribution in [0.2, 0.25) is 0 Å². The van der Waals surface area contributed by atoms with Crippen molar-refractivity contribution >= 4 is 17.2 Å². The molecule has 1 aromatic carbocycles. The lowest BCUT2D eigenvalue weighted by Gasteiger charge is -2.21. The van der Waals surface area contributed by atoms with Crippen LogP contribution in [0.5, 0.6) is 0 Å². The van der Waals surface area contributed by atoms with Crippen LogP contribution < -0.4 is 5.73 Å². The number of benzene rings is 1. The van der Waals surface area contributed by atoms with E-state index in [-0.39, 0.29) is 5.91 Å². The smallest absolute Gasteiger partial charge is 0.239 e. The zero-order chi connectivity index (χ0) is 16.1. The standard InChI is InChI=1S/C17H23N3OS/c1-12(2)9-15(18)17(21)20(3)10-14-11-22-16(19-14)13-7-5-4-6-8-13/h4-8,11-12,15H,9-10,18H2,1-3H3/t15-/m1/s1. The topological polar surface area (TPSA) is 59.2 Å². The van der Waals surface area contributed by atoms with E-state index in [4.69, 9.17) is 5.73 Å². The van der Waals surface area contributed by atoms with Gasteiger partial charge >= 0.3 is 0 Å². The van der Waals surface area contributed by atoms with E-state index in [1.54, 1.807) is 23.3 Å². The summed E-state index contributed by atoms with van der Waals surface area (Å²) in [6.45, 7) is 4.63. The largest absolute Gasteiger partial charge is 0.338 e. The average Bonchev–Trinajstić information content (AvgIpc) is 2.95. The minimum absolute atomic E-state index is 0.0250. The molecule has 0 aliphatic rings. The molecule has 0 radical (unpaired) electrons. The van der Waals surface area contributed by atoms with Crippen molar-refractivity contribution in [2.45, 2.75) is 32.9 Å². The Labute approximate surface area is 136 Å². The Morgan fingerprint density at radius 2 is 2.00 bits per heavy atom. The molecule has 22 heavy (non-hydrogen) atoms. The van der Waals surface area contributed by atoms with Crippen LogP contribution in [0.1, 0.15) is 26.0 Å². The molecule has 1 heterocycles. The Bertz CT molecular complexity index is 609. The number of hydrogen-bond acceptors (Lipinski definition) is 4. The molecule has 1 aromatic heterocycles. The summed E-state index contributed by atoms with van der Waals surface area (Å²) in [6, 6.07) is 9.62. The number of thiazole rings is 1. The molecule has 0 unspecified atom stereocenters. The third kappa shape index (κ3) is 4.39. The molecular weight excluding hydrogens is 294 g/mol. The van der Waals surface area contributed by atoms with Crippen LogP contribution in [0.3, 0.4) is 0 Å². The summed E-state index contributed by atoms with van der Waals surface area (Å²) in [5.74, 6) is 0.388. The molecule has 1 amide bonds. The van der Waals surface area contributed by atoms with E-state index in [9.17, 15) is 4.79 Å². The fraction of sp³-hybridized carbons (Fsp3) is 0.412. The maximum absolute atomic E-state index is 12.2. The first kappa shape index (κ1) is 16.6. The number of rotatable bonds is 6. The number of hydrogen-bond donors (Lipinski definition) is 1. The molecule has 0 fully saturated rings. The molecule has 0 aliphatic carbocycles. The fourth-order valence-corrected chi connectivity index (χ4v) is 3.12. The van der Waals surface area contributed by atoms with Gasteiger partial charge in [0.25, 0.3) is 0 Å². The van der Waals surface area contributed by atoms with Crippen LogP contribution in [-0.4, -0.2) is 28.9 Å². The van der Waals surface area contributed by atoms with Crippen molar-refractivity contribution in [3.63, 3.8) is 0 Å². The van der Waals surface area contributed by atoms with Gasteiger partial charge in [0.2, 0.25) is 5.91 Å². The zero-order valence-corrected chi connectivity index (χ0v) is 14.1. The van der Waals surface area contributed by atoms with Gasteiger partial charge in [0, 0.05) is 18.0 Å². The van der Waals surface area contributed by atoms with E-state index >= 15 is 0 Å². The van der Waals surface area contributed by atoms with E-state index in [1.807, 2.05) is 35.7 Å². The molecule has 118 valence electrons. The lowest BCUT2D eigenvalue weighted by atomic mass is 10.0. The van der Waals surface area contributed by atoms with Gasteiger partial charge in [-0.2, -0.15) is 0 Å². The monoisotopic (exact) mass is 317 g/mol. The molecule has 4 nitrogen and oxygen atoms in total. The second-order valence-electron chi connectivity index (χ2n) is 5.94. The molecule has 2 N–H and O–H groups in total. The maximum Gasteiger partial charge on any atom is 0.239 e. The predicted octanol–water partition coefficient (Wildman–Crippen LogP) is 3.14. The van der Waals surface area contributed by atoms with Crippen LogP contribution in [0.15, 0.2) is 35.7 Å². The van der Waals surface area contributed by atoms with Crippen LogP contribution in [0.25, 0.3) is 10.6 Å². The second kappa shape index (κ2) is 7.51. The first-order valence-corrected chi connectivity index (χ1v) is 8.35. The minimum Gasteiger partial charge on any atom is -0.338 e. The summed E-state index contributed by atoms with van der Waals surface area (Å²) in [5.41, 5.74) is 7.96. The molecular formula is C17H23N3OS. The average molecular weight is 317 g/mol. The van der Waals surface area contributed by atoms with Crippen molar-refractivity contribution in [2.75, 3.05) is 7.05 Å². The summed E-state index contributed by atoms with van der Waals surface area (Å²) in [7, 11) is 1.78. The van der Waals surface area contributed by atoms with Crippen molar-refractivity contribution in [2.24, 2.45) is 11.7 Å². The number of nitrogens with zero attached hydrogens (tertiary/aromatic N) is 2. The summed E-state index contributed by atoms with van der Waals surface area (Å²) in [4.78, 5) is 18.5. The molecule has 0 bridgehead atoms. The third-order valence-electron chi connectivity index (χ3n) is 3.39. The Kier molecular flexibility index (Phi) is 5.69. The Morgan fingerprint density at radius 1 is 1.32 bits per heavy atom. The summed E-state index contributed by atoms with van der Waals surface area (Å²) < 4.78 is 0. The third-order valence-corrected chi connectivity index (χ3v) is 4.33. The van der Waals surface area contributed by atoms with E-state index in [0.717, 1.165) is 16.3 Å². The van der Waals surface area contributed by atoms with Crippen LogP contribution >= 0.6 is 11.3 Å². The number of carbonyl (C=O) groups is 1. The zero-order valence-electron chi connectivity index (χ0n) is 13.3. The Hall–Kier alpha value is -1.72.